The van der Waals surface area contributed by atoms with Gasteiger partial charge in [-0.1, -0.05) is 48.5 Å². The summed E-state index contributed by atoms with van der Waals surface area (Å²) < 4.78 is 0. The highest BCUT2D eigenvalue weighted by Gasteiger charge is 2.22. The molecule has 1 fully saturated rings. The lowest BCUT2D eigenvalue weighted by atomic mass is 9.90. The van der Waals surface area contributed by atoms with Crippen LogP contribution in [-0.2, 0) is 6.54 Å². The Morgan fingerprint density at radius 3 is 2.77 bits per heavy atom. The molecule has 7 rings (SSSR count). The molecule has 1 atom stereocenters. The van der Waals surface area contributed by atoms with E-state index in [4.69, 9.17) is 4.98 Å². The molecule has 3 N–H and O–H groups in total. The van der Waals surface area contributed by atoms with Gasteiger partial charge in [-0.2, -0.15) is 5.10 Å². The second kappa shape index (κ2) is 10.4. The maximum atomic E-state index is 13.5. The molecule has 1 unspecified atom stereocenters. The molecule has 7 nitrogen and oxygen atoms in total. The number of benzene rings is 3. The average Bonchev–Trinajstić information content (AvgIpc) is 3.68. The van der Waals surface area contributed by atoms with Crippen molar-refractivity contribution >= 4 is 33.4 Å². The Bertz CT molecular complexity index is 1800. The molecule has 3 aromatic heterocycles. The summed E-state index contributed by atoms with van der Waals surface area (Å²) in [6.45, 7) is 2.77. The molecule has 0 aliphatic carbocycles. The monoisotopic (exact) mass is 526 g/mol. The van der Waals surface area contributed by atoms with Gasteiger partial charge in [0.05, 0.1) is 23.1 Å². The van der Waals surface area contributed by atoms with Crippen LogP contribution in [0, 0.1) is 0 Å². The second-order valence-electron chi connectivity index (χ2n) is 10.6. The summed E-state index contributed by atoms with van der Waals surface area (Å²) in [5.74, 6) is 0.297. The third kappa shape index (κ3) is 4.76. The first-order valence-electron chi connectivity index (χ1n) is 13.8. The van der Waals surface area contributed by atoms with E-state index in [1.54, 1.807) is 12.3 Å². The predicted molar refractivity (Wildman–Crippen MR) is 159 cm³/mol. The lowest BCUT2D eigenvalue weighted by Gasteiger charge is -2.32. The zero-order valence-electron chi connectivity index (χ0n) is 22.1. The van der Waals surface area contributed by atoms with Crippen molar-refractivity contribution in [1.82, 2.24) is 25.1 Å². The first-order chi connectivity index (χ1) is 19.7. The highest BCUT2D eigenvalue weighted by atomic mass is 16.1. The van der Waals surface area contributed by atoms with Crippen molar-refractivity contribution in [2.24, 2.45) is 0 Å². The van der Waals surface area contributed by atoms with Crippen LogP contribution < -0.4 is 5.32 Å². The molecule has 198 valence electrons. The number of hydrogen-bond acceptors (Lipinski definition) is 4. The number of hydrogen-bond donors (Lipinski definition) is 3. The van der Waals surface area contributed by atoms with E-state index < -0.39 is 0 Å². The number of amides is 1. The minimum atomic E-state index is -0.234. The van der Waals surface area contributed by atoms with Gasteiger partial charge in [0, 0.05) is 35.6 Å². The summed E-state index contributed by atoms with van der Waals surface area (Å²) in [6.07, 6.45) is 6.05. The standard InChI is InChI=1S/C33H30N6O/c40-33(30-13-4-10-25(36-30)21-39-16-6-9-23(20-39)22-7-2-1-3-8-22)37-31-17-24(18-32-28(31)19-35-38-32)26-11-5-12-29-27(26)14-15-34-29/h1-5,7-8,10-15,17-19,23,34H,6,9,16,20-21H2,(H,35,38)(H,37,40). The van der Waals surface area contributed by atoms with Gasteiger partial charge in [0.1, 0.15) is 5.69 Å². The fourth-order valence-electron chi connectivity index (χ4n) is 5.95. The van der Waals surface area contributed by atoms with Crippen LogP contribution in [0.15, 0.2) is 97.3 Å². The fraction of sp³-hybridized carbons (Fsp3) is 0.182. The first-order valence-corrected chi connectivity index (χ1v) is 13.8. The largest absolute Gasteiger partial charge is 0.361 e. The minimum absolute atomic E-state index is 0.234. The Labute approximate surface area is 232 Å². The third-order valence-electron chi connectivity index (χ3n) is 7.91. The van der Waals surface area contributed by atoms with E-state index in [0.29, 0.717) is 17.3 Å². The molecule has 1 aliphatic heterocycles. The molecular weight excluding hydrogens is 496 g/mol. The van der Waals surface area contributed by atoms with Gasteiger partial charge in [-0.25, -0.2) is 4.98 Å². The van der Waals surface area contributed by atoms with Crippen LogP contribution in [0.25, 0.3) is 32.9 Å². The van der Waals surface area contributed by atoms with E-state index in [1.165, 1.54) is 12.0 Å². The van der Waals surface area contributed by atoms with E-state index in [0.717, 1.165) is 64.7 Å². The van der Waals surface area contributed by atoms with E-state index in [1.807, 2.05) is 30.5 Å². The van der Waals surface area contributed by atoms with Crippen molar-refractivity contribution in [3.8, 4) is 11.1 Å². The first kappa shape index (κ1) is 24.3. The highest BCUT2D eigenvalue weighted by Crippen LogP contribution is 2.34. The molecule has 7 heteroatoms. The zero-order valence-corrected chi connectivity index (χ0v) is 22.1. The molecule has 0 bridgehead atoms. The number of rotatable bonds is 6. The second-order valence-corrected chi connectivity index (χ2v) is 10.6. The number of anilines is 1. The Morgan fingerprint density at radius 2 is 1.85 bits per heavy atom. The van der Waals surface area contributed by atoms with Crippen LogP contribution in [0.5, 0.6) is 0 Å². The molecular formula is C33H30N6O. The quantitative estimate of drug-likeness (QED) is 0.224. The summed E-state index contributed by atoms with van der Waals surface area (Å²) in [5.41, 5.74) is 7.42. The summed E-state index contributed by atoms with van der Waals surface area (Å²) >= 11 is 0. The van der Waals surface area contributed by atoms with Crippen LogP contribution >= 0.6 is 0 Å². The Morgan fingerprint density at radius 1 is 0.950 bits per heavy atom. The molecule has 1 aliphatic rings. The average molecular weight is 527 g/mol. The number of aromatic amines is 2. The van der Waals surface area contributed by atoms with Gasteiger partial charge >= 0.3 is 0 Å². The number of nitrogens with one attached hydrogen (secondary N) is 3. The number of piperidine rings is 1. The minimum Gasteiger partial charge on any atom is -0.361 e. The van der Waals surface area contributed by atoms with Crippen molar-refractivity contribution in [2.45, 2.75) is 25.3 Å². The van der Waals surface area contributed by atoms with Gasteiger partial charge < -0.3 is 10.3 Å². The van der Waals surface area contributed by atoms with Crippen molar-refractivity contribution < 1.29 is 4.79 Å². The SMILES string of the molecule is O=C(Nc1cc(-c2cccc3[nH]ccc23)cc2[nH]ncc12)c1cccc(CN2CCCC(c3ccccc3)C2)n1. The number of fused-ring (bicyclic) bond motifs is 2. The normalized spacial score (nSPS) is 15.9. The predicted octanol–water partition coefficient (Wildman–Crippen LogP) is 6.74. The van der Waals surface area contributed by atoms with E-state index in [2.05, 4.69) is 80.0 Å². The van der Waals surface area contributed by atoms with E-state index in [9.17, 15) is 4.79 Å². The van der Waals surface area contributed by atoms with Crippen LogP contribution in [0.2, 0.25) is 0 Å². The van der Waals surface area contributed by atoms with Crippen LogP contribution in [-0.4, -0.2) is 44.1 Å². The molecule has 1 amide bonds. The number of carbonyl (C=O) groups excluding carboxylic acids is 1. The summed E-state index contributed by atoms with van der Waals surface area (Å²) in [4.78, 5) is 23.9. The lowest BCUT2D eigenvalue weighted by molar-refractivity contribution is 0.102. The van der Waals surface area contributed by atoms with Crippen LogP contribution in [0.1, 0.15) is 40.5 Å². The Balaban J connectivity index is 1.12. The van der Waals surface area contributed by atoms with Gasteiger partial charge in [-0.15, -0.1) is 0 Å². The van der Waals surface area contributed by atoms with Gasteiger partial charge in [0.25, 0.3) is 5.91 Å². The summed E-state index contributed by atoms with van der Waals surface area (Å²) in [6, 6.07) is 28.8. The number of pyridine rings is 1. The number of nitrogens with zero attached hydrogens (tertiary/aromatic N) is 3. The molecule has 0 saturated carbocycles. The number of aromatic nitrogens is 4. The molecule has 1 saturated heterocycles. The topological polar surface area (TPSA) is 89.7 Å². The Kier molecular flexibility index (Phi) is 6.34. The fourth-order valence-corrected chi connectivity index (χ4v) is 5.95. The molecule has 0 spiro atoms. The number of likely N-dealkylation sites (tertiary alicyclic amines) is 1. The van der Waals surface area contributed by atoms with Gasteiger partial charge in [-0.3, -0.25) is 14.8 Å². The molecule has 3 aromatic carbocycles. The highest BCUT2D eigenvalue weighted by molar-refractivity contribution is 6.09. The summed E-state index contributed by atoms with van der Waals surface area (Å²) in [5, 5.41) is 12.4. The molecule has 40 heavy (non-hydrogen) atoms. The number of H-pyrrole nitrogens is 2. The van der Waals surface area contributed by atoms with Crippen molar-refractivity contribution in [1.29, 1.82) is 0 Å². The maximum Gasteiger partial charge on any atom is 0.274 e. The van der Waals surface area contributed by atoms with Gasteiger partial charge in [0.2, 0.25) is 0 Å². The van der Waals surface area contributed by atoms with Crippen LogP contribution in [0.4, 0.5) is 5.69 Å². The Hall–Kier alpha value is -4.75. The smallest absolute Gasteiger partial charge is 0.274 e. The van der Waals surface area contributed by atoms with E-state index >= 15 is 0 Å². The van der Waals surface area contributed by atoms with Gasteiger partial charge in [-0.05, 0) is 78.4 Å². The molecule has 6 aromatic rings. The number of carbonyl (C=O) groups is 1. The molecule has 4 heterocycles. The van der Waals surface area contributed by atoms with Gasteiger partial charge in [0.15, 0.2) is 0 Å². The molecule has 0 radical (unpaired) electrons. The van der Waals surface area contributed by atoms with Crippen molar-refractivity contribution in [3.63, 3.8) is 0 Å². The van der Waals surface area contributed by atoms with Crippen LogP contribution in [0.3, 0.4) is 0 Å². The lowest BCUT2D eigenvalue weighted by Crippen LogP contribution is -2.34. The van der Waals surface area contributed by atoms with E-state index in [-0.39, 0.29) is 5.91 Å². The zero-order chi connectivity index (χ0) is 26.9. The summed E-state index contributed by atoms with van der Waals surface area (Å²) in [7, 11) is 0. The van der Waals surface area contributed by atoms with Crippen molar-refractivity contribution in [2.75, 3.05) is 18.4 Å². The maximum absolute atomic E-state index is 13.5. The third-order valence-corrected chi connectivity index (χ3v) is 7.91. The van der Waals surface area contributed by atoms with Crippen molar-refractivity contribution in [3.05, 3.63) is 114 Å².